The van der Waals surface area contributed by atoms with Gasteiger partial charge in [0.15, 0.2) is 0 Å². The van der Waals surface area contributed by atoms with Crippen LogP contribution in [0.2, 0.25) is 6.04 Å². The highest BCUT2D eigenvalue weighted by Gasteiger charge is 2.46. The first-order valence-corrected chi connectivity index (χ1v) is 7.54. The molecule has 108 valence electrons. The molecule has 1 saturated heterocycles. The van der Waals surface area contributed by atoms with Gasteiger partial charge in [-0.15, -0.1) is 0 Å². The Kier molecular flexibility index (Phi) is 7.89. The summed E-state index contributed by atoms with van der Waals surface area (Å²) in [6.45, 7) is 1.93. The van der Waals surface area contributed by atoms with Gasteiger partial charge in [-0.25, -0.2) is 28.4 Å². The lowest BCUT2D eigenvalue weighted by Gasteiger charge is -2.23. The van der Waals surface area contributed by atoms with Crippen LogP contribution in [0.5, 0.6) is 0 Å². The van der Waals surface area contributed by atoms with E-state index in [-0.39, 0.29) is 6.10 Å². The van der Waals surface area contributed by atoms with Gasteiger partial charge in [0.25, 0.3) is 0 Å². The molecule has 0 N–H and O–H groups in total. The van der Waals surface area contributed by atoms with Gasteiger partial charge in [0, 0.05) is 12.7 Å². The van der Waals surface area contributed by atoms with Crippen LogP contribution in [0.4, 0.5) is 0 Å². The first-order valence-electron chi connectivity index (χ1n) is 5.61. The third-order valence-corrected chi connectivity index (χ3v) is 4.34. The Bertz CT molecular complexity index is 196. The minimum absolute atomic E-state index is 0.257. The lowest BCUT2D eigenvalue weighted by Crippen LogP contribution is -2.45. The molecular weight excluding hydrogens is 264 g/mol. The number of ether oxygens (including phenoxy) is 2. The summed E-state index contributed by atoms with van der Waals surface area (Å²) in [5.41, 5.74) is 0. The van der Waals surface area contributed by atoms with E-state index < -0.39 is 8.80 Å². The maximum Gasteiger partial charge on any atom is 0.584 e. The molecule has 1 heterocycles. The van der Waals surface area contributed by atoms with Crippen molar-refractivity contribution in [3.05, 3.63) is 0 Å². The minimum atomic E-state index is -3.14. The molecule has 1 aliphatic rings. The normalized spacial score (nSPS) is 19.2. The molecule has 1 atom stereocenters. The number of hydrogen-bond acceptors (Lipinski definition) is 8. The SMILES string of the molecule is COO[Si](CCCOCC1CO1)(OOC)OOC. The van der Waals surface area contributed by atoms with E-state index in [1.54, 1.807) is 0 Å². The van der Waals surface area contributed by atoms with Crippen LogP contribution in [-0.4, -0.2) is 56.1 Å². The van der Waals surface area contributed by atoms with E-state index >= 15 is 0 Å². The third-order valence-electron chi connectivity index (χ3n) is 2.11. The Morgan fingerprint density at radius 2 is 1.61 bits per heavy atom. The van der Waals surface area contributed by atoms with Gasteiger partial charge in [0.2, 0.25) is 0 Å². The molecule has 9 heteroatoms. The van der Waals surface area contributed by atoms with Crippen molar-refractivity contribution >= 4 is 8.80 Å². The second-order valence-corrected chi connectivity index (χ2v) is 5.93. The highest BCUT2D eigenvalue weighted by Crippen LogP contribution is 2.19. The van der Waals surface area contributed by atoms with E-state index in [4.69, 9.17) is 23.2 Å². The van der Waals surface area contributed by atoms with Gasteiger partial charge < -0.3 is 9.47 Å². The fourth-order valence-corrected chi connectivity index (χ4v) is 2.99. The Hall–Kier alpha value is -0.103. The summed E-state index contributed by atoms with van der Waals surface area (Å²) < 4.78 is 25.5. The van der Waals surface area contributed by atoms with Gasteiger partial charge >= 0.3 is 8.80 Å². The lowest BCUT2D eigenvalue weighted by molar-refractivity contribution is -0.343. The molecule has 0 aromatic rings. The fraction of sp³-hybridized carbons (Fsp3) is 1.00. The largest absolute Gasteiger partial charge is 0.584 e. The molecule has 0 spiro atoms. The summed E-state index contributed by atoms with van der Waals surface area (Å²) in [5, 5.41) is 0. The molecular formula is C9H20O8Si. The van der Waals surface area contributed by atoms with Crippen molar-refractivity contribution in [2.45, 2.75) is 18.6 Å². The first kappa shape index (κ1) is 16.0. The van der Waals surface area contributed by atoms with Crippen molar-refractivity contribution in [2.24, 2.45) is 0 Å². The molecule has 0 aliphatic carbocycles. The minimum Gasteiger partial charge on any atom is -0.379 e. The number of rotatable bonds is 12. The van der Waals surface area contributed by atoms with Crippen molar-refractivity contribution in [3.63, 3.8) is 0 Å². The molecule has 18 heavy (non-hydrogen) atoms. The van der Waals surface area contributed by atoms with E-state index in [0.717, 1.165) is 6.61 Å². The monoisotopic (exact) mass is 284 g/mol. The summed E-state index contributed by atoms with van der Waals surface area (Å²) in [5.74, 6) is 0. The zero-order valence-electron chi connectivity index (χ0n) is 10.9. The molecule has 1 rings (SSSR count). The molecule has 0 amide bonds. The second-order valence-electron chi connectivity index (χ2n) is 3.57. The van der Waals surface area contributed by atoms with Crippen LogP contribution in [0, 0.1) is 0 Å². The van der Waals surface area contributed by atoms with Gasteiger partial charge in [-0.1, -0.05) is 0 Å². The van der Waals surface area contributed by atoms with E-state index in [0.29, 0.717) is 25.7 Å². The molecule has 0 aromatic heterocycles. The summed E-state index contributed by atoms with van der Waals surface area (Å²) in [6.07, 6.45) is 0.919. The number of hydrogen-bond donors (Lipinski definition) is 0. The van der Waals surface area contributed by atoms with Crippen LogP contribution >= 0.6 is 0 Å². The van der Waals surface area contributed by atoms with Crippen LogP contribution in [0.3, 0.4) is 0 Å². The quantitative estimate of drug-likeness (QED) is 0.168. The maximum atomic E-state index is 5.40. The van der Waals surface area contributed by atoms with Crippen molar-refractivity contribution < 1.29 is 37.9 Å². The summed E-state index contributed by atoms with van der Waals surface area (Å²) in [6, 6.07) is 0.439. The second kappa shape index (κ2) is 8.91. The third kappa shape index (κ3) is 6.18. The van der Waals surface area contributed by atoms with E-state index in [1.807, 2.05) is 0 Å². The maximum absolute atomic E-state index is 5.40. The smallest absolute Gasteiger partial charge is 0.379 e. The first-order chi connectivity index (χ1) is 8.76. The fourth-order valence-electron chi connectivity index (χ4n) is 1.32. The highest BCUT2D eigenvalue weighted by molar-refractivity contribution is 6.59. The summed E-state index contributed by atoms with van der Waals surface area (Å²) >= 11 is 0. The molecule has 1 unspecified atom stereocenters. The summed E-state index contributed by atoms with van der Waals surface area (Å²) in [4.78, 5) is 13.8. The molecule has 8 nitrogen and oxygen atoms in total. The number of epoxide rings is 1. The highest BCUT2D eigenvalue weighted by atomic mass is 28.4. The standard InChI is InChI=1S/C9H20O8Si/c1-10-15-18(16-11-2,17-12-3)6-4-5-13-7-9-8-14-9/h9H,4-8H2,1-3H3. The van der Waals surface area contributed by atoms with Crippen LogP contribution < -0.4 is 0 Å². The predicted octanol–water partition coefficient (Wildman–Crippen LogP) is 0.465. The van der Waals surface area contributed by atoms with Crippen molar-refractivity contribution in [1.82, 2.24) is 0 Å². The molecule has 1 aliphatic heterocycles. The zero-order valence-corrected chi connectivity index (χ0v) is 11.9. The Morgan fingerprint density at radius 3 is 2.06 bits per heavy atom. The van der Waals surface area contributed by atoms with Crippen LogP contribution in [-0.2, 0) is 37.9 Å². The van der Waals surface area contributed by atoms with Crippen molar-refractivity contribution in [1.29, 1.82) is 0 Å². The molecule has 0 bridgehead atoms. The van der Waals surface area contributed by atoms with Crippen LogP contribution in [0.15, 0.2) is 0 Å². The Morgan fingerprint density at radius 1 is 1.06 bits per heavy atom. The zero-order chi connectivity index (χ0) is 13.3. The Labute approximate surface area is 107 Å². The van der Waals surface area contributed by atoms with Gasteiger partial charge in [-0.2, -0.15) is 0 Å². The lowest BCUT2D eigenvalue weighted by atomic mass is 10.5. The molecule has 0 aromatic carbocycles. The molecule has 0 saturated carbocycles. The van der Waals surface area contributed by atoms with Crippen molar-refractivity contribution in [2.75, 3.05) is 41.2 Å². The van der Waals surface area contributed by atoms with Gasteiger partial charge in [-0.3, -0.25) is 0 Å². The predicted molar refractivity (Wildman–Crippen MR) is 60.0 cm³/mol. The van der Waals surface area contributed by atoms with E-state index in [2.05, 4.69) is 14.7 Å². The van der Waals surface area contributed by atoms with Gasteiger partial charge in [0.05, 0.1) is 34.5 Å². The average molecular weight is 284 g/mol. The van der Waals surface area contributed by atoms with Gasteiger partial charge in [0.1, 0.15) is 6.10 Å². The van der Waals surface area contributed by atoms with E-state index in [9.17, 15) is 0 Å². The van der Waals surface area contributed by atoms with E-state index in [1.165, 1.54) is 21.3 Å². The topological polar surface area (TPSA) is 77.1 Å². The summed E-state index contributed by atoms with van der Waals surface area (Å²) in [7, 11) is 0.950. The Balaban J connectivity index is 2.22. The van der Waals surface area contributed by atoms with Gasteiger partial charge in [-0.05, 0) is 6.42 Å². The van der Waals surface area contributed by atoms with Crippen molar-refractivity contribution in [3.8, 4) is 0 Å². The molecule has 0 radical (unpaired) electrons. The van der Waals surface area contributed by atoms with Crippen LogP contribution in [0.25, 0.3) is 0 Å². The molecule has 1 fully saturated rings. The van der Waals surface area contributed by atoms with Crippen LogP contribution in [0.1, 0.15) is 6.42 Å². The average Bonchev–Trinajstić information content (AvgIpc) is 3.14.